The van der Waals surface area contributed by atoms with Crippen LogP contribution in [0.4, 0.5) is 5.95 Å². The van der Waals surface area contributed by atoms with Crippen LogP contribution in [0.5, 0.6) is 0 Å². The molecule has 0 unspecified atom stereocenters. The van der Waals surface area contributed by atoms with Gasteiger partial charge in [0.1, 0.15) is 5.01 Å². The maximum Gasteiger partial charge on any atom is 0.243 e. The molecule has 0 bridgehead atoms. The van der Waals surface area contributed by atoms with Crippen LogP contribution in [0.2, 0.25) is 0 Å². The maximum atomic E-state index is 4.32. The summed E-state index contributed by atoms with van der Waals surface area (Å²) in [5.41, 5.74) is 1.76. The molecule has 0 fully saturated rings. The summed E-state index contributed by atoms with van der Waals surface area (Å²) in [6, 6.07) is 0. The van der Waals surface area contributed by atoms with E-state index in [0.717, 1.165) is 22.8 Å². The summed E-state index contributed by atoms with van der Waals surface area (Å²) in [6.07, 6.45) is 2.94. The predicted molar refractivity (Wildman–Crippen MR) is 68.1 cm³/mol. The van der Waals surface area contributed by atoms with Gasteiger partial charge in [0, 0.05) is 11.1 Å². The minimum atomic E-state index is 0.557. The Morgan fingerprint density at radius 3 is 2.71 bits per heavy atom. The molecule has 5 nitrogen and oxygen atoms in total. The second-order valence-corrected chi connectivity index (χ2v) is 4.93. The first-order valence-corrected chi connectivity index (χ1v) is 6.36. The summed E-state index contributed by atoms with van der Waals surface area (Å²) in [6.45, 7) is 6.59. The number of nitrogens with one attached hydrogen (secondary N) is 1. The highest BCUT2D eigenvalue weighted by Gasteiger charge is 2.03. The number of anilines is 1. The van der Waals surface area contributed by atoms with E-state index in [1.807, 2.05) is 20.0 Å². The van der Waals surface area contributed by atoms with Crippen LogP contribution < -0.4 is 5.32 Å². The van der Waals surface area contributed by atoms with Crippen molar-refractivity contribution in [2.24, 2.45) is 0 Å². The van der Waals surface area contributed by atoms with Gasteiger partial charge >= 0.3 is 0 Å². The molecule has 0 amide bonds. The van der Waals surface area contributed by atoms with Crippen molar-refractivity contribution in [3.8, 4) is 0 Å². The Kier molecular flexibility index (Phi) is 3.63. The topological polar surface area (TPSA) is 63.6 Å². The first-order valence-electron chi connectivity index (χ1n) is 5.54. The normalized spacial score (nSPS) is 10.5. The van der Waals surface area contributed by atoms with Crippen molar-refractivity contribution < 1.29 is 0 Å². The molecular formula is C11H15N5S. The molecule has 2 heterocycles. The molecule has 2 aromatic rings. The lowest BCUT2D eigenvalue weighted by Crippen LogP contribution is -2.06. The first-order chi connectivity index (χ1) is 8.19. The van der Waals surface area contributed by atoms with E-state index in [4.69, 9.17) is 0 Å². The van der Waals surface area contributed by atoms with Gasteiger partial charge in [-0.2, -0.15) is 5.10 Å². The fraction of sp³-hybridized carbons (Fsp3) is 0.455. The van der Waals surface area contributed by atoms with Crippen LogP contribution in [-0.2, 0) is 13.0 Å². The third kappa shape index (κ3) is 2.97. The molecule has 1 N–H and O–H groups in total. The molecule has 17 heavy (non-hydrogen) atoms. The van der Waals surface area contributed by atoms with Gasteiger partial charge in [-0.3, -0.25) is 0 Å². The van der Waals surface area contributed by atoms with Crippen molar-refractivity contribution in [1.82, 2.24) is 20.2 Å². The largest absolute Gasteiger partial charge is 0.346 e. The minimum Gasteiger partial charge on any atom is -0.346 e. The third-order valence-corrected chi connectivity index (χ3v) is 3.58. The van der Waals surface area contributed by atoms with Gasteiger partial charge in [0.15, 0.2) is 0 Å². The zero-order valence-electron chi connectivity index (χ0n) is 10.2. The van der Waals surface area contributed by atoms with Crippen LogP contribution in [0, 0.1) is 13.8 Å². The van der Waals surface area contributed by atoms with Crippen LogP contribution >= 0.6 is 11.3 Å². The number of aryl methyl sites for hydroxylation is 3. The fourth-order valence-electron chi connectivity index (χ4n) is 1.28. The van der Waals surface area contributed by atoms with Crippen LogP contribution in [0.1, 0.15) is 28.2 Å². The molecule has 0 aliphatic heterocycles. The zero-order chi connectivity index (χ0) is 12.3. The SMILES string of the molecule is CCc1cnc(CNc2nnc(C)c(C)n2)s1. The molecule has 0 saturated carbocycles. The molecule has 0 radical (unpaired) electrons. The number of rotatable bonds is 4. The highest BCUT2D eigenvalue weighted by atomic mass is 32.1. The average molecular weight is 249 g/mol. The van der Waals surface area contributed by atoms with E-state index < -0.39 is 0 Å². The Bertz CT molecular complexity index is 508. The molecule has 0 aliphatic carbocycles. The quantitative estimate of drug-likeness (QED) is 0.899. The van der Waals surface area contributed by atoms with Gasteiger partial charge in [0.05, 0.1) is 17.9 Å². The number of nitrogens with zero attached hydrogens (tertiary/aromatic N) is 4. The molecule has 0 spiro atoms. The van der Waals surface area contributed by atoms with Crippen LogP contribution in [0.15, 0.2) is 6.20 Å². The molecule has 90 valence electrons. The van der Waals surface area contributed by atoms with E-state index in [-0.39, 0.29) is 0 Å². The van der Waals surface area contributed by atoms with Gasteiger partial charge in [-0.15, -0.1) is 16.4 Å². The predicted octanol–water partition coefficient (Wildman–Crippen LogP) is 2.12. The smallest absolute Gasteiger partial charge is 0.243 e. The van der Waals surface area contributed by atoms with Gasteiger partial charge in [-0.05, 0) is 20.3 Å². The summed E-state index contributed by atoms with van der Waals surface area (Å²) in [5.74, 6) is 0.557. The molecule has 2 aromatic heterocycles. The number of thiazole rings is 1. The van der Waals surface area contributed by atoms with Gasteiger partial charge in [0.2, 0.25) is 5.95 Å². The van der Waals surface area contributed by atoms with Crippen molar-refractivity contribution in [2.45, 2.75) is 33.7 Å². The Morgan fingerprint density at radius 1 is 1.24 bits per heavy atom. The van der Waals surface area contributed by atoms with Crippen molar-refractivity contribution in [2.75, 3.05) is 5.32 Å². The Morgan fingerprint density at radius 2 is 2.06 bits per heavy atom. The number of aromatic nitrogens is 4. The minimum absolute atomic E-state index is 0.557. The van der Waals surface area contributed by atoms with Gasteiger partial charge in [-0.1, -0.05) is 6.92 Å². The lowest BCUT2D eigenvalue weighted by molar-refractivity contribution is 0.884. The van der Waals surface area contributed by atoms with Crippen LogP contribution in [0.25, 0.3) is 0 Å². The van der Waals surface area contributed by atoms with Gasteiger partial charge in [-0.25, -0.2) is 9.97 Å². The Balaban J connectivity index is 1.99. The molecular weight excluding hydrogens is 234 g/mol. The Hall–Kier alpha value is -1.56. The van der Waals surface area contributed by atoms with E-state index in [1.165, 1.54) is 4.88 Å². The molecule has 6 heteroatoms. The lowest BCUT2D eigenvalue weighted by atomic mass is 10.4. The van der Waals surface area contributed by atoms with E-state index >= 15 is 0 Å². The van der Waals surface area contributed by atoms with Crippen molar-refractivity contribution in [3.63, 3.8) is 0 Å². The van der Waals surface area contributed by atoms with Gasteiger partial charge < -0.3 is 5.32 Å². The highest BCUT2D eigenvalue weighted by molar-refractivity contribution is 7.11. The zero-order valence-corrected chi connectivity index (χ0v) is 11.0. The molecule has 0 atom stereocenters. The highest BCUT2D eigenvalue weighted by Crippen LogP contribution is 2.14. The van der Waals surface area contributed by atoms with Crippen molar-refractivity contribution in [3.05, 3.63) is 27.5 Å². The molecule has 0 aliphatic rings. The monoisotopic (exact) mass is 249 g/mol. The first kappa shape index (κ1) is 11.9. The van der Waals surface area contributed by atoms with E-state index in [9.17, 15) is 0 Å². The van der Waals surface area contributed by atoms with E-state index in [1.54, 1.807) is 11.3 Å². The van der Waals surface area contributed by atoms with Crippen LogP contribution in [0.3, 0.4) is 0 Å². The summed E-state index contributed by atoms with van der Waals surface area (Å²) in [5, 5.41) is 12.2. The van der Waals surface area contributed by atoms with Crippen molar-refractivity contribution in [1.29, 1.82) is 0 Å². The second-order valence-electron chi connectivity index (χ2n) is 3.73. The average Bonchev–Trinajstić information content (AvgIpc) is 2.79. The molecule has 0 saturated heterocycles. The molecule has 0 aromatic carbocycles. The summed E-state index contributed by atoms with van der Waals surface area (Å²) < 4.78 is 0. The third-order valence-electron chi connectivity index (χ3n) is 2.44. The van der Waals surface area contributed by atoms with Crippen molar-refractivity contribution >= 4 is 17.3 Å². The van der Waals surface area contributed by atoms with Crippen LogP contribution in [-0.4, -0.2) is 20.2 Å². The van der Waals surface area contributed by atoms with E-state index in [2.05, 4.69) is 32.4 Å². The molecule has 2 rings (SSSR count). The van der Waals surface area contributed by atoms with E-state index in [0.29, 0.717) is 12.5 Å². The summed E-state index contributed by atoms with van der Waals surface area (Å²) in [4.78, 5) is 9.92. The summed E-state index contributed by atoms with van der Waals surface area (Å²) >= 11 is 1.71. The fourth-order valence-corrected chi connectivity index (χ4v) is 2.08. The number of hydrogen-bond donors (Lipinski definition) is 1. The van der Waals surface area contributed by atoms with Gasteiger partial charge in [0.25, 0.3) is 0 Å². The maximum absolute atomic E-state index is 4.32. The Labute approximate surface area is 104 Å². The number of hydrogen-bond acceptors (Lipinski definition) is 6. The second kappa shape index (κ2) is 5.18. The lowest BCUT2D eigenvalue weighted by Gasteiger charge is -2.03. The standard InChI is InChI=1S/C11H15N5S/c1-4-9-5-12-10(17-9)6-13-11-14-7(2)8(3)15-16-11/h5H,4,6H2,1-3H3,(H,13,14,16). The summed E-state index contributed by atoms with van der Waals surface area (Å²) in [7, 11) is 0.